The molecule has 0 aromatic heterocycles. The first-order valence-corrected chi connectivity index (χ1v) is 17.6. The van der Waals surface area contributed by atoms with E-state index in [0.717, 1.165) is 13.1 Å². The van der Waals surface area contributed by atoms with Crippen LogP contribution < -0.4 is 0 Å². The molecule has 0 spiro atoms. The van der Waals surface area contributed by atoms with E-state index in [-0.39, 0.29) is 27.2 Å². The molecule has 0 amide bonds. The molecule has 42 heavy (non-hydrogen) atoms. The first-order chi connectivity index (χ1) is 19.5. The van der Waals surface area contributed by atoms with Crippen molar-refractivity contribution in [3.8, 4) is 0 Å². The molecular formula is C40H68N2. The number of fused-ring (bicyclic) bond motifs is 5. The van der Waals surface area contributed by atoms with E-state index in [9.17, 15) is 0 Å². The van der Waals surface area contributed by atoms with Crippen LogP contribution in [0.2, 0.25) is 0 Å². The smallest absolute Gasteiger partial charge is 0.0459 e. The Kier molecular flexibility index (Phi) is 9.26. The van der Waals surface area contributed by atoms with Crippen LogP contribution in [0.15, 0.2) is 49.2 Å². The summed E-state index contributed by atoms with van der Waals surface area (Å²) < 4.78 is 0. The minimum atomic E-state index is 0.125. The molecule has 0 bridgehead atoms. The number of nitrogens with zero attached hydrogens (tertiary/aromatic N) is 2. The van der Waals surface area contributed by atoms with E-state index >= 15 is 0 Å². The Bertz CT molecular complexity index is 1060. The van der Waals surface area contributed by atoms with Crippen LogP contribution in [0, 0.1) is 44.8 Å². The van der Waals surface area contributed by atoms with E-state index in [0.29, 0.717) is 23.2 Å². The average Bonchev–Trinajstić information content (AvgIpc) is 2.90. The summed E-state index contributed by atoms with van der Waals surface area (Å²) in [5, 5.41) is 0. The fourth-order valence-corrected chi connectivity index (χ4v) is 12.1. The lowest BCUT2D eigenvalue weighted by Gasteiger charge is -2.72. The molecule has 0 heterocycles. The van der Waals surface area contributed by atoms with E-state index in [4.69, 9.17) is 6.58 Å². The minimum Gasteiger partial charge on any atom is -0.370 e. The van der Waals surface area contributed by atoms with E-state index in [1.54, 1.807) is 5.57 Å². The summed E-state index contributed by atoms with van der Waals surface area (Å²) >= 11 is 0. The number of allylic oxidation sites excluding steroid dienone is 4. The summed E-state index contributed by atoms with van der Waals surface area (Å²) in [7, 11) is 4.43. The fraction of sp³-hybridized carbons (Fsp3) is 0.800. The molecule has 7 unspecified atom stereocenters. The van der Waals surface area contributed by atoms with Crippen molar-refractivity contribution >= 4 is 0 Å². The third kappa shape index (κ3) is 5.02. The highest BCUT2D eigenvalue weighted by molar-refractivity contribution is 5.43. The van der Waals surface area contributed by atoms with Crippen molar-refractivity contribution in [3.63, 3.8) is 0 Å². The van der Waals surface area contributed by atoms with Gasteiger partial charge in [-0.25, -0.2) is 0 Å². The van der Waals surface area contributed by atoms with Crippen molar-refractivity contribution in [2.24, 2.45) is 44.8 Å². The fourth-order valence-electron chi connectivity index (χ4n) is 12.1. The van der Waals surface area contributed by atoms with Crippen molar-refractivity contribution < 1.29 is 0 Å². The highest BCUT2D eigenvalue weighted by Gasteiger charge is 2.69. The van der Waals surface area contributed by atoms with E-state index < -0.39 is 0 Å². The van der Waals surface area contributed by atoms with Gasteiger partial charge in [0.15, 0.2) is 0 Å². The van der Waals surface area contributed by atoms with E-state index in [1.165, 1.54) is 76.2 Å². The van der Waals surface area contributed by atoms with Gasteiger partial charge < -0.3 is 9.80 Å². The molecule has 0 radical (unpaired) electrons. The Balaban J connectivity index is 1.93. The molecule has 0 aliphatic heterocycles. The molecule has 7 atom stereocenters. The molecule has 2 nitrogen and oxygen atoms in total. The Morgan fingerprint density at radius 2 is 1.60 bits per heavy atom. The standard InChI is InChI=1S/C40H68N2/c1-14-20-38(11)32(36(8,9)16-3)19-22-37(10)31-18-23-40(42(17-4)27-26-41(12)13)25-24-35(6,7)29-39(40,21-15-2)34(31)30(5)28-33(37)38/h16-17,28,31-32,34H,3-5,14-15,18-27,29H2,1-2,6-13H3. The van der Waals surface area contributed by atoms with Crippen LogP contribution in [0.1, 0.15) is 126 Å². The highest BCUT2D eigenvalue weighted by atomic mass is 15.2. The first-order valence-electron chi connectivity index (χ1n) is 17.6. The predicted octanol–water partition coefficient (Wildman–Crippen LogP) is 10.7. The summed E-state index contributed by atoms with van der Waals surface area (Å²) in [6.45, 7) is 36.2. The molecule has 0 saturated heterocycles. The second-order valence-corrected chi connectivity index (χ2v) is 17.4. The molecule has 0 aromatic rings. The van der Waals surface area contributed by atoms with Gasteiger partial charge in [0.2, 0.25) is 0 Å². The van der Waals surface area contributed by atoms with Gasteiger partial charge in [-0.1, -0.05) is 105 Å². The van der Waals surface area contributed by atoms with Gasteiger partial charge in [0.25, 0.3) is 0 Å². The molecule has 238 valence electrons. The average molecular weight is 577 g/mol. The first kappa shape index (κ1) is 33.6. The van der Waals surface area contributed by atoms with Crippen LogP contribution in [0.5, 0.6) is 0 Å². The van der Waals surface area contributed by atoms with Gasteiger partial charge in [0.1, 0.15) is 0 Å². The molecule has 3 saturated carbocycles. The molecule has 2 heteroatoms. The highest BCUT2D eigenvalue weighted by Crippen LogP contribution is 2.74. The Morgan fingerprint density at radius 1 is 0.929 bits per heavy atom. The van der Waals surface area contributed by atoms with Gasteiger partial charge in [-0.15, -0.1) is 6.58 Å². The Labute approximate surface area is 262 Å². The zero-order valence-electron chi connectivity index (χ0n) is 29.7. The maximum absolute atomic E-state index is 5.06. The lowest BCUT2D eigenvalue weighted by molar-refractivity contribution is -0.177. The van der Waals surface area contributed by atoms with Gasteiger partial charge in [-0.2, -0.15) is 0 Å². The van der Waals surface area contributed by atoms with Crippen molar-refractivity contribution in [2.75, 3.05) is 27.2 Å². The predicted molar refractivity (Wildman–Crippen MR) is 184 cm³/mol. The SMILES string of the molecule is C=CN(CCN(C)C)C12CCC3C(C(=C)C=C4C3(C)CCC(C(C)(C)C=C)C4(C)CCC)C1(CCC)CC(C)(C)CC2. The Morgan fingerprint density at radius 3 is 2.17 bits per heavy atom. The molecule has 4 rings (SSSR count). The van der Waals surface area contributed by atoms with Crippen LogP contribution in [-0.4, -0.2) is 42.5 Å². The molecular weight excluding hydrogens is 508 g/mol. The van der Waals surface area contributed by atoms with Gasteiger partial charge in [-0.3, -0.25) is 0 Å². The quantitative estimate of drug-likeness (QED) is 0.226. The summed E-state index contributed by atoms with van der Waals surface area (Å²) in [6, 6.07) is 0. The normalized spacial score (nSPS) is 39.5. The van der Waals surface area contributed by atoms with E-state index in [2.05, 4.69) is 111 Å². The second-order valence-electron chi connectivity index (χ2n) is 17.4. The van der Waals surface area contributed by atoms with Gasteiger partial charge >= 0.3 is 0 Å². The molecule has 4 aliphatic rings. The zero-order chi connectivity index (χ0) is 31.4. The number of likely N-dealkylation sites (N-methyl/N-ethyl adjacent to an activating group) is 1. The summed E-state index contributed by atoms with van der Waals surface area (Å²) in [5.41, 5.74) is 4.48. The van der Waals surface area contributed by atoms with Crippen LogP contribution in [0.4, 0.5) is 0 Å². The lowest BCUT2D eigenvalue weighted by atomic mass is 9.35. The Hall–Kier alpha value is -1.28. The van der Waals surface area contributed by atoms with Gasteiger partial charge in [0, 0.05) is 24.0 Å². The monoisotopic (exact) mass is 577 g/mol. The van der Waals surface area contributed by atoms with Gasteiger partial charge in [0.05, 0.1) is 0 Å². The number of hydrogen-bond acceptors (Lipinski definition) is 2. The molecule has 3 fully saturated rings. The van der Waals surface area contributed by atoms with E-state index in [1.807, 2.05) is 0 Å². The van der Waals surface area contributed by atoms with Crippen molar-refractivity contribution in [1.82, 2.24) is 9.80 Å². The van der Waals surface area contributed by atoms with Crippen LogP contribution >= 0.6 is 0 Å². The maximum Gasteiger partial charge on any atom is 0.0459 e. The third-order valence-corrected chi connectivity index (χ3v) is 13.8. The van der Waals surface area contributed by atoms with Crippen LogP contribution in [-0.2, 0) is 0 Å². The summed E-state index contributed by atoms with van der Waals surface area (Å²) in [4.78, 5) is 5.11. The lowest BCUT2D eigenvalue weighted by Crippen LogP contribution is -2.70. The van der Waals surface area contributed by atoms with Crippen LogP contribution in [0.3, 0.4) is 0 Å². The minimum absolute atomic E-state index is 0.125. The second kappa shape index (κ2) is 11.6. The largest absolute Gasteiger partial charge is 0.370 e. The van der Waals surface area contributed by atoms with Gasteiger partial charge in [-0.05, 0) is 117 Å². The molecule has 0 aromatic carbocycles. The molecule has 0 N–H and O–H groups in total. The van der Waals surface area contributed by atoms with Crippen molar-refractivity contribution in [2.45, 2.75) is 132 Å². The van der Waals surface area contributed by atoms with Crippen molar-refractivity contribution in [1.29, 1.82) is 0 Å². The number of hydrogen-bond donors (Lipinski definition) is 0. The summed E-state index contributed by atoms with van der Waals surface area (Å²) in [6.07, 6.45) is 21.3. The molecule has 4 aliphatic carbocycles. The van der Waals surface area contributed by atoms with Crippen molar-refractivity contribution in [3.05, 3.63) is 49.2 Å². The third-order valence-electron chi connectivity index (χ3n) is 13.8. The number of rotatable bonds is 11. The topological polar surface area (TPSA) is 6.48 Å². The zero-order valence-corrected chi connectivity index (χ0v) is 29.7. The maximum atomic E-state index is 5.06. The summed E-state index contributed by atoms with van der Waals surface area (Å²) in [5.74, 6) is 1.83. The van der Waals surface area contributed by atoms with Crippen LogP contribution in [0.25, 0.3) is 0 Å².